The highest BCUT2D eigenvalue weighted by Crippen LogP contribution is 2.34. The lowest BCUT2D eigenvalue weighted by Gasteiger charge is -2.19. The molecule has 3 rings (SSSR count). The lowest BCUT2D eigenvalue weighted by molar-refractivity contribution is -0.122. The van der Waals surface area contributed by atoms with E-state index >= 15 is 0 Å². The summed E-state index contributed by atoms with van der Waals surface area (Å²) in [5, 5.41) is 6.53. The van der Waals surface area contributed by atoms with Crippen molar-refractivity contribution >= 4 is 11.6 Å². The van der Waals surface area contributed by atoms with E-state index < -0.39 is 0 Å². The van der Waals surface area contributed by atoms with Gasteiger partial charge in [0, 0.05) is 18.2 Å². The third-order valence-corrected chi connectivity index (χ3v) is 4.24. The summed E-state index contributed by atoms with van der Waals surface area (Å²) in [6.45, 7) is 2.16. The van der Waals surface area contributed by atoms with Crippen molar-refractivity contribution in [1.82, 2.24) is 5.32 Å². The molecule has 1 fully saturated rings. The standard InChI is InChI=1S/C16H22N2O/c1-2-13(9-11-7-8-11)17-16(19)15-10-12-5-3-4-6-14(12)18-15/h3-6,11,13,15,18H,2,7-10H2,1H3,(H,17,19)/t13?,15-/m0/s1. The van der Waals surface area contributed by atoms with Crippen molar-refractivity contribution in [3.63, 3.8) is 0 Å². The van der Waals surface area contributed by atoms with Crippen LogP contribution >= 0.6 is 0 Å². The summed E-state index contributed by atoms with van der Waals surface area (Å²) in [6, 6.07) is 8.44. The lowest BCUT2D eigenvalue weighted by Crippen LogP contribution is -2.43. The van der Waals surface area contributed by atoms with Crippen LogP contribution < -0.4 is 10.6 Å². The second-order valence-corrected chi connectivity index (χ2v) is 5.85. The molecule has 0 saturated heterocycles. The number of nitrogens with one attached hydrogen (secondary N) is 2. The Bertz CT molecular complexity index is 443. The van der Waals surface area contributed by atoms with Gasteiger partial charge in [0.05, 0.1) is 0 Å². The molecular formula is C16H22N2O. The van der Waals surface area contributed by atoms with E-state index in [2.05, 4.69) is 23.6 Å². The average molecular weight is 258 g/mol. The van der Waals surface area contributed by atoms with Gasteiger partial charge >= 0.3 is 0 Å². The van der Waals surface area contributed by atoms with Crippen LogP contribution in [-0.4, -0.2) is 18.0 Å². The van der Waals surface area contributed by atoms with E-state index in [0.29, 0.717) is 6.04 Å². The summed E-state index contributed by atoms with van der Waals surface area (Å²) in [6.07, 6.45) is 5.69. The third kappa shape index (κ3) is 2.91. The largest absolute Gasteiger partial charge is 0.373 e. The van der Waals surface area contributed by atoms with Crippen molar-refractivity contribution in [3.05, 3.63) is 29.8 Å². The molecule has 2 N–H and O–H groups in total. The fourth-order valence-electron chi connectivity index (χ4n) is 2.84. The first-order chi connectivity index (χ1) is 9.26. The highest BCUT2D eigenvalue weighted by molar-refractivity contribution is 5.87. The number of hydrogen-bond donors (Lipinski definition) is 2. The number of para-hydroxylation sites is 1. The van der Waals surface area contributed by atoms with E-state index in [1.54, 1.807) is 0 Å². The first-order valence-corrected chi connectivity index (χ1v) is 7.41. The van der Waals surface area contributed by atoms with E-state index in [9.17, 15) is 4.79 Å². The summed E-state index contributed by atoms with van der Waals surface area (Å²) in [4.78, 5) is 12.3. The smallest absolute Gasteiger partial charge is 0.243 e. The zero-order valence-electron chi connectivity index (χ0n) is 11.5. The van der Waals surface area contributed by atoms with Gasteiger partial charge in [-0.3, -0.25) is 4.79 Å². The van der Waals surface area contributed by atoms with Crippen LogP contribution in [0, 0.1) is 5.92 Å². The molecule has 1 heterocycles. The predicted molar refractivity (Wildman–Crippen MR) is 77.1 cm³/mol. The van der Waals surface area contributed by atoms with Crippen LogP contribution in [0.25, 0.3) is 0 Å². The van der Waals surface area contributed by atoms with E-state index in [0.717, 1.165) is 30.9 Å². The molecule has 1 aromatic rings. The highest BCUT2D eigenvalue weighted by Gasteiger charge is 2.30. The molecule has 0 radical (unpaired) electrons. The Hall–Kier alpha value is -1.51. The van der Waals surface area contributed by atoms with Crippen LogP contribution in [-0.2, 0) is 11.2 Å². The molecule has 0 aromatic heterocycles. The van der Waals surface area contributed by atoms with E-state index in [-0.39, 0.29) is 11.9 Å². The van der Waals surface area contributed by atoms with Gasteiger partial charge in [0.25, 0.3) is 0 Å². The maximum atomic E-state index is 12.3. The molecule has 1 aliphatic heterocycles. The van der Waals surface area contributed by atoms with Gasteiger partial charge in [-0.05, 0) is 30.4 Å². The fourth-order valence-corrected chi connectivity index (χ4v) is 2.84. The molecule has 3 heteroatoms. The van der Waals surface area contributed by atoms with Gasteiger partial charge in [-0.15, -0.1) is 0 Å². The third-order valence-electron chi connectivity index (χ3n) is 4.24. The number of fused-ring (bicyclic) bond motifs is 1. The van der Waals surface area contributed by atoms with Gasteiger partial charge in [0.2, 0.25) is 5.91 Å². The maximum Gasteiger partial charge on any atom is 0.243 e. The van der Waals surface area contributed by atoms with E-state index in [1.165, 1.54) is 18.4 Å². The van der Waals surface area contributed by atoms with Crippen molar-refractivity contribution in [3.8, 4) is 0 Å². The van der Waals surface area contributed by atoms with Gasteiger partial charge in [-0.25, -0.2) is 0 Å². The van der Waals surface area contributed by atoms with Crippen LogP contribution in [0.3, 0.4) is 0 Å². The van der Waals surface area contributed by atoms with Crippen LogP contribution in [0.1, 0.15) is 38.2 Å². The molecule has 0 spiro atoms. The Morgan fingerprint density at radius 1 is 1.42 bits per heavy atom. The number of hydrogen-bond acceptors (Lipinski definition) is 2. The van der Waals surface area contributed by atoms with E-state index in [1.807, 2.05) is 18.2 Å². The molecule has 102 valence electrons. The molecule has 0 bridgehead atoms. The molecule has 1 amide bonds. The number of anilines is 1. The number of carbonyl (C=O) groups excluding carboxylic acids is 1. The van der Waals surface area contributed by atoms with Crippen molar-refractivity contribution in [2.75, 3.05) is 5.32 Å². The van der Waals surface area contributed by atoms with E-state index in [4.69, 9.17) is 0 Å². The Balaban J connectivity index is 1.56. The second-order valence-electron chi connectivity index (χ2n) is 5.85. The maximum absolute atomic E-state index is 12.3. The quantitative estimate of drug-likeness (QED) is 0.852. The van der Waals surface area contributed by atoms with Crippen molar-refractivity contribution in [1.29, 1.82) is 0 Å². The van der Waals surface area contributed by atoms with Gasteiger partial charge in [-0.1, -0.05) is 38.0 Å². The van der Waals surface area contributed by atoms with Gasteiger partial charge in [0.1, 0.15) is 6.04 Å². The molecule has 3 nitrogen and oxygen atoms in total. The molecule has 19 heavy (non-hydrogen) atoms. The molecule has 2 atom stereocenters. The van der Waals surface area contributed by atoms with Gasteiger partial charge in [-0.2, -0.15) is 0 Å². The molecule has 1 aromatic carbocycles. The van der Waals surface area contributed by atoms with Crippen LogP contribution in [0.4, 0.5) is 5.69 Å². The van der Waals surface area contributed by atoms with Crippen LogP contribution in [0.5, 0.6) is 0 Å². The summed E-state index contributed by atoms with van der Waals surface area (Å²) in [5.41, 5.74) is 2.36. The molecule has 2 aliphatic rings. The zero-order valence-corrected chi connectivity index (χ0v) is 11.5. The summed E-state index contributed by atoms with van der Waals surface area (Å²) in [5.74, 6) is 1.02. The second kappa shape index (κ2) is 5.24. The first kappa shape index (κ1) is 12.5. The monoisotopic (exact) mass is 258 g/mol. The normalized spacial score (nSPS) is 22.5. The predicted octanol–water partition coefficient (Wildman–Crippen LogP) is 2.72. The Morgan fingerprint density at radius 2 is 2.21 bits per heavy atom. The van der Waals surface area contributed by atoms with Crippen molar-refractivity contribution in [2.24, 2.45) is 5.92 Å². The Labute approximate surface area is 114 Å². The lowest BCUT2D eigenvalue weighted by atomic mass is 10.1. The van der Waals surface area contributed by atoms with Crippen molar-refractivity contribution < 1.29 is 4.79 Å². The topological polar surface area (TPSA) is 41.1 Å². The summed E-state index contributed by atoms with van der Waals surface area (Å²) >= 11 is 0. The Morgan fingerprint density at radius 3 is 2.89 bits per heavy atom. The first-order valence-electron chi connectivity index (χ1n) is 7.41. The minimum absolute atomic E-state index is 0.0920. The molecular weight excluding hydrogens is 236 g/mol. The number of benzene rings is 1. The zero-order chi connectivity index (χ0) is 13.2. The minimum Gasteiger partial charge on any atom is -0.373 e. The molecule has 1 aliphatic carbocycles. The summed E-state index contributed by atoms with van der Waals surface area (Å²) in [7, 11) is 0. The van der Waals surface area contributed by atoms with Gasteiger partial charge in [0.15, 0.2) is 0 Å². The molecule has 1 unspecified atom stereocenters. The van der Waals surface area contributed by atoms with Gasteiger partial charge < -0.3 is 10.6 Å². The average Bonchev–Trinajstić information content (AvgIpc) is 3.13. The van der Waals surface area contributed by atoms with Crippen molar-refractivity contribution in [2.45, 2.75) is 51.1 Å². The van der Waals surface area contributed by atoms with Crippen LogP contribution in [0.15, 0.2) is 24.3 Å². The summed E-state index contributed by atoms with van der Waals surface area (Å²) < 4.78 is 0. The SMILES string of the molecule is CCC(CC1CC1)NC(=O)[C@@H]1Cc2ccccc2N1. The van der Waals surface area contributed by atoms with Crippen LogP contribution in [0.2, 0.25) is 0 Å². The minimum atomic E-state index is -0.0920. The number of carbonyl (C=O) groups is 1. The molecule has 1 saturated carbocycles. The number of rotatable bonds is 5. The number of amides is 1. The highest BCUT2D eigenvalue weighted by atomic mass is 16.2. The Kier molecular flexibility index (Phi) is 3.45. The fraction of sp³-hybridized carbons (Fsp3) is 0.562.